The monoisotopic (exact) mass is 230 g/mol. The van der Waals surface area contributed by atoms with Gasteiger partial charge in [0.25, 0.3) is 0 Å². The number of rotatable bonds is 2. The predicted octanol–water partition coefficient (Wildman–Crippen LogP) is 3.73. The Hall–Kier alpha value is -1.16. The number of halogens is 3. The molecule has 1 atom stereocenters. The summed E-state index contributed by atoms with van der Waals surface area (Å²) < 4.78 is 26.5. The Kier molecular flexibility index (Phi) is 2.61. The van der Waals surface area contributed by atoms with Crippen molar-refractivity contribution in [1.29, 1.82) is 0 Å². The van der Waals surface area contributed by atoms with Gasteiger partial charge in [-0.15, -0.1) is 11.6 Å². The van der Waals surface area contributed by atoms with Crippen LogP contribution in [-0.4, -0.2) is 9.55 Å². The minimum atomic E-state index is -2.62. The van der Waals surface area contributed by atoms with Crippen LogP contribution in [-0.2, 0) is 0 Å². The summed E-state index contributed by atoms with van der Waals surface area (Å²) in [6, 6.07) is 6.76. The molecular formula is C10H9ClF2N2. The van der Waals surface area contributed by atoms with Crippen molar-refractivity contribution in [2.45, 2.75) is 18.9 Å². The molecule has 80 valence electrons. The van der Waals surface area contributed by atoms with Gasteiger partial charge in [-0.2, -0.15) is 8.78 Å². The van der Waals surface area contributed by atoms with Gasteiger partial charge in [0.05, 0.1) is 16.4 Å². The maximum Gasteiger partial charge on any atom is 0.320 e. The molecule has 0 aliphatic carbocycles. The lowest BCUT2D eigenvalue weighted by Crippen LogP contribution is -2.04. The maximum atomic E-state index is 12.8. The van der Waals surface area contributed by atoms with Crippen LogP contribution in [0.4, 0.5) is 8.78 Å². The van der Waals surface area contributed by atoms with E-state index in [1.54, 1.807) is 31.2 Å². The van der Waals surface area contributed by atoms with Gasteiger partial charge in [-0.05, 0) is 19.1 Å². The van der Waals surface area contributed by atoms with Gasteiger partial charge in [0.15, 0.2) is 0 Å². The first-order chi connectivity index (χ1) is 7.11. The quantitative estimate of drug-likeness (QED) is 0.719. The van der Waals surface area contributed by atoms with Crippen molar-refractivity contribution >= 4 is 22.6 Å². The highest BCUT2D eigenvalue weighted by Crippen LogP contribution is 2.28. The van der Waals surface area contributed by atoms with E-state index < -0.39 is 11.9 Å². The van der Waals surface area contributed by atoms with E-state index in [0.29, 0.717) is 11.0 Å². The van der Waals surface area contributed by atoms with E-state index in [9.17, 15) is 8.78 Å². The molecule has 5 heteroatoms. The Morgan fingerprint density at radius 3 is 2.60 bits per heavy atom. The van der Waals surface area contributed by atoms with Crippen LogP contribution in [0.1, 0.15) is 24.7 Å². The van der Waals surface area contributed by atoms with E-state index in [2.05, 4.69) is 4.98 Å². The lowest BCUT2D eigenvalue weighted by Gasteiger charge is -2.08. The number of para-hydroxylation sites is 2. The van der Waals surface area contributed by atoms with E-state index in [1.165, 1.54) is 0 Å². The number of imidazole rings is 1. The second-order valence-corrected chi connectivity index (χ2v) is 3.88. The zero-order chi connectivity index (χ0) is 11.0. The van der Waals surface area contributed by atoms with Crippen molar-refractivity contribution in [2.24, 2.45) is 0 Å². The molecule has 0 radical (unpaired) electrons. The third-order valence-corrected chi connectivity index (χ3v) is 2.37. The lowest BCUT2D eigenvalue weighted by molar-refractivity contribution is 0.0714. The van der Waals surface area contributed by atoms with Gasteiger partial charge in [0, 0.05) is 0 Å². The third kappa shape index (κ3) is 1.69. The summed E-state index contributed by atoms with van der Waals surface area (Å²) in [5, 5.41) is -0.536. The number of hydrogen-bond acceptors (Lipinski definition) is 1. The highest BCUT2D eigenvalue weighted by Gasteiger charge is 2.19. The fraction of sp³-hybridized carbons (Fsp3) is 0.300. The van der Waals surface area contributed by atoms with Gasteiger partial charge in [-0.1, -0.05) is 12.1 Å². The van der Waals surface area contributed by atoms with Crippen molar-refractivity contribution in [3.8, 4) is 0 Å². The minimum absolute atomic E-state index is 0.202. The number of nitrogens with zero attached hydrogens (tertiary/aromatic N) is 2. The van der Waals surface area contributed by atoms with Crippen molar-refractivity contribution < 1.29 is 8.78 Å². The molecule has 1 aromatic carbocycles. The third-order valence-electron chi connectivity index (χ3n) is 2.17. The van der Waals surface area contributed by atoms with E-state index in [-0.39, 0.29) is 5.82 Å². The van der Waals surface area contributed by atoms with Crippen LogP contribution in [0.2, 0.25) is 0 Å². The number of hydrogen-bond donors (Lipinski definition) is 0. The largest absolute Gasteiger partial charge is 0.320 e. The molecule has 2 rings (SSSR count). The summed E-state index contributed by atoms with van der Waals surface area (Å²) in [6.45, 7) is -0.990. The van der Waals surface area contributed by atoms with Crippen molar-refractivity contribution in [3.63, 3.8) is 0 Å². The van der Waals surface area contributed by atoms with E-state index in [0.717, 1.165) is 4.57 Å². The minimum Gasteiger partial charge on any atom is -0.269 e. The lowest BCUT2D eigenvalue weighted by atomic mass is 10.3. The van der Waals surface area contributed by atoms with Gasteiger partial charge < -0.3 is 0 Å². The van der Waals surface area contributed by atoms with Crippen molar-refractivity contribution in [1.82, 2.24) is 9.55 Å². The fourth-order valence-electron chi connectivity index (χ4n) is 1.55. The predicted molar refractivity (Wildman–Crippen MR) is 55.3 cm³/mol. The van der Waals surface area contributed by atoms with Gasteiger partial charge in [-0.3, -0.25) is 4.57 Å². The van der Waals surface area contributed by atoms with Gasteiger partial charge >= 0.3 is 6.55 Å². The first kappa shape index (κ1) is 10.4. The van der Waals surface area contributed by atoms with E-state index in [1.807, 2.05) is 0 Å². The number of aromatic nitrogens is 2. The van der Waals surface area contributed by atoms with Gasteiger partial charge in [0.2, 0.25) is 0 Å². The van der Waals surface area contributed by atoms with E-state index >= 15 is 0 Å². The molecule has 1 heterocycles. The molecule has 0 spiro atoms. The second-order valence-electron chi connectivity index (χ2n) is 3.22. The summed E-state index contributed by atoms with van der Waals surface area (Å²) in [6.07, 6.45) is 0. The first-order valence-electron chi connectivity index (χ1n) is 4.50. The van der Waals surface area contributed by atoms with Crippen LogP contribution in [0, 0.1) is 0 Å². The summed E-state index contributed by atoms with van der Waals surface area (Å²) in [7, 11) is 0. The van der Waals surface area contributed by atoms with Gasteiger partial charge in [0.1, 0.15) is 5.82 Å². The number of alkyl halides is 3. The fourth-order valence-corrected chi connectivity index (χ4v) is 1.70. The molecule has 0 saturated carbocycles. The molecule has 0 aliphatic heterocycles. The van der Waals surface area contributed by atoms with Gasteiger partial charge in [-0.25, -0.2) is 4.98 Å². The molecule has 2 nitrogen and oxygen atoms in total. The summed E-state index contributed by atoms with van der Waals surface area (Å²) in [5.41, 5.74) is 0.954. The molecule has 0 unspecified atom stereocenters. The zero-order valence-corrected chi connectivity index (χ0v) is 8.75. The summed E-state index contributed by atoms with van der Waals surface area (Å²) in [4.78, 5) is 4.08. The summed E-state index contributed by atoms with van der Waals surface area (Å²) >= 11 is 5.81. The standard InChI is InChI=1S/C10H9ClF2N2/c1-6(11)9-14-7-4-2-3-5-8(7)15(9)10(12)13/h2-6,10H,1H3/t6-/m1/s1. The SMILES string of the molecule is C[C@@H](Cl)c1nc2ccccc2n1C(F)F. The van der Waals surface area contributed by atoms with Crippen LogP contribution in [0.25, 0.3) is 11.0 Å². The second kappa shape index (κ2) is 3.77. The highest BCUT2D eigenvalue weighted by molar-refractivity contribution is 6.20. The molecule has 0 fully saturated rings. The first-order valence-corrected chi connectivity index (χ1v) is 4.94. The normalized spacial score (nSPS) is 13.7. The molecule has 2 aromatic rings. The molecular weight excluding hydrogens is 222 g/mol. The number of fused-ring (bicyclic) bond motifs is 1. The zero-order valence-electron chi connectivity index (χ0n) is 7.99. The van der Waals surface area contributed by atoms with Crippen LogP contribution < -0.4 is 0 Å². The molecule has 0 N–H and O–H groups in total. The van der Waals surface area contributed by atoms with E-state index in [4.69, 9.17) is 11.6 Å². The topological polar surface area (TPSA) is 17.8 Å². The molecule has 0 aliphatic rings. The molecule has 1 aromatic heterocycles. The van der Waals surface area contributed by atoms with Crippen molar-refractivity contribution in [2.75, 3.05) is 0 Å². The Labute approximate surface area is 90.5 Å². The average molecular weight is 231 g/mol. The van der Waals surface area contributed by atoms with Crippen LogP contribution in [0.5, 0.6) is 0 Å². The highest BCUT2D eigenvalue weighted by atomic mass is 35.5. The van der Waals surface area contributed by atoms with Crippen LogP contribution in [0.3, 0.4) is 0 Å². The Morgan fingerprint density at radius 1 is 1.33 bits per heavy atom. The molecule has 15 heavy (non-hydrogen) atoms. The Balaban J connectivity index is 2.75. The number of benzene rings is 1. The van der Waals surface area contributed by atoms with Crippen LogP contribution in [0.15, 0.2) is 24.3 Å². The Bertz CT molecular complexity index is 479. The molecule has 0 saturated heterocycles. The maximum absolute atomic E-state index is 12.8. The average Bonchev–Trinajstić information content (AvgIpc) is 2.56. The van der Waals surface area contributed by atoms with Crippen molar-refractivity contribution in [3.05, 3.63) is 30.1 Å². The van der Waals surface area contributed by atoms with Crippen LogP contribution >= 0.6 is 11.6 Å². The molecule has 0 amide bonds. The summed E-state index contributed by atoms with van der Waals surface area (Å²) in [5.74, 6) is 0.202. The Morgan fingerprint density at radius 2 is 2.00 bits per heavy atom. The smallest absolute Gasteiger partial charge is 0.269 e. The molecule has 0 bridgehead atoms.